The van der Waals surface area contributed by atoms with E-state index in [1.807, 2.05) is 0 Å². The van der Waals surface area contributed by atoms with Crippen molar-refractivity contribution in [3.05, 3.63) is 52.5 Å². The van der Waals surface area contributed by atoms with Crippen LogP contribution in [0.2, 0.25) is 0 Å². The number of benzene rings is 2. The summed E-state index contributed by atoms with van der Waals surface area (Å²) >= 11 is 0. The van der Waals surface area contributed by atoms with Crippen molar-refractivity contribution >= 4 is 38.4 Å². The summed E-state index contributed by atoms with van der Waals surface area (Å²) in [5.41, 5.74) is 2.39. The van der Waals surface area contributed by atoms with E-state index in [0.717, 1.165) is 0 Å². The summed E-state index contributed by atoms with van der Waals surface area (Å²) in [5.74, 6) is -0.687. The standard InChI is InChI=1S/C16H13N3O5S/c1-19-13-5-2-10(8-14(13)24-16(19)21)18-25(22,23)11-3-4-12-9(6-11)7-15(20)17-12/h2-6,8,18H,7H2,1H3,(H,17,20). The van der Waals surface area contributed by atoms with Crippen molar-refractivity contribution in [3.63, 3.8) is 0 Å². The summed E-state index contributed by atoms with van der Waals surface area (Å²) in [6.45, 7) is 0. The predicted molar refractivity (Wildman–Crippen MR) is 91.0 cm³/mol. The first kappa shape index (κ1) is 15.5. The van der Waals surface area contributed by atoms with Crippen LogP contribution in [0.1, 0.15) is 5.56 Å². The van der Waals surface area contributed by atoms with E-state index in [-0.39, 0.29) is 28.5 Å². The van der Waals surface area contributed by atoms with Gasteiger partial charge in [-0.2, -0.15) is 0 Å². The van der Waals surface area contributed by atoms with Crippen molar-refractivity contribution in [3.8, 4) is 0 Å². The molecule has 0 saturated carbocycles. The smallest absolute Gasteiger partial charge is 0.408 e. The summed E-state index contributed by atoms with van der Waals surface area (Å²) in [5, 5.41) is 2.65. The molecular weight excluding hydrogens is 346 g/mol. The molecule has 0 aliphatic carbocycles. The number of oxazole rings is 1. The topological polar surface area (TPSA) is 110 Å². The van der Waals surface area contributed by atoms with Crippen molar-refractivity contribution in [2.45, 2.75) is 11.3 Å². The van der Waals surface area contributed by atoms with Crippen molar-refractivity contribution in [1.82, 2.24) is 4.57 Å². The zero-order valence-electron chi connectivity index (χ0n) is 13.1. The number of carbonyl (C=O) groups excluding carboxylic acids is 1. The molecule has 0 spiro atoms. The molecule has 0 unspecified atom stereocenters. The lowest BCUT2D eigenvalue weighted by molar-refractivity contribution is -0.115. The molecule has 3 aromatic rings. The van der Waals surface area contributed by atoms with Gasteiger partial charge in [0.25, 0.3) is 10.0 Å². The number of rotatable bonds is 3. The molecule has 0 saturated heterocycles. The Balaban J connectivity index is 1.69. The predicted octanol–water partition coefficient (Wildman–Crippen LogP) is 1.43. The van der Waals surface area contributed by atoms with Gasteiger partial charge in [0.2, 0.25) is 5.91 Å². The van der Waals surface area contributed by atoms with E-state index in [1.54, 1.807) is 25.2 Å². The van der Waals surface area contributed by atoms with Crippen molar-refractivity contribution < 1.29 is 17.6 Å². The summed E-state index contributed by atoms with van der Waals surface area (Å²) < 4.78 is 34.0. The van der Waals surface area contributed by atoms with Gasteiger partial charge in [-0.25, -0.2) is 13.2 Å². The third-order valence-corrected chi connectivity index (χ3v) is 5.44. The highest BCUT2D eigenvalue weighted by molar-refractivity contribution is 7.92. The Morgan fingerprint density at radius 1 is 1.16 bits per heavy atom. The SMILES string of the molecule is Cn1c(=O)oc2cc(NS(=O)(=O)c3ccc4c(c3)CC(=O)N4)ccc21. The number of nitrogens with zero attached hydrogens (tertiary/aromatic N) is 1. The van der Waals surface area contributed by atoms with E-state index in [2.05, 4.69) is 10.0 Å². The molecular formula is C16H13N3O5S. The van der Waals surface area contributed by atoms with E-state index < -0.39 is 15.8 Å². The molecule has 4 rings (SSSR count). The Morgan fingerprint density at radius 3 is 2.76 bits per heavy atom. The third kappa shape index (κ3) is 2.58. The number of fused-ring (bicyclic) bond motifs is 2. The van der Waals surface area contributed by atoms with Crippen LogP contribution >= 0.6 is 0 Å². The highest BCUT2D eigenvalue weighted by atomic mass is 32.2. The van der Waals surface area contributed by atoms with Gasteiger partial charge in [0.1, 0.15) is 0 Å². The van der Waals surface area contributed by atoms with Crippen LogP contribution in [-0.2, 0) is 28.3 Å². The molecule has 9 heteroatoms. The minimum Gasteiger partial charge on any atom is -0.408 e. The number of anilines is 2. The zero-order chi connectivity index (χ0) is 17.8. The van der Waals surface area contributed by atoms with Gasteiger partial charge in [0.15, 0.2) is 5.58 Å². The average Bonchev–Trinajstić information content (AvgIpc) is 3.05. The van der Waals surface area contributed by atoms with Crippen LogP contribution in [0, 0.1) is 0 Å². The summed E-state index contributed by atoms with van der Waals surface area (Å²) in [6, 6.07) is 9.06. The average molecular weight is 359 g/mol. The fraction of sp³-hybridized carbons (Fsp3) is 0.125. The fourth-order valence-electron chi connectivity index (χ4n) is 2.78. The highest BCUT2D eigenvalue weighted by Crippen LogP contribution is 2.27. The van der Waals surface area contributed by atoms with Gasteiger partial charge in [0, 0.05) is 18.8 Å². The van der Waals surface area contributed by atoms with Gasteiger partial charge < -0.3 is 9.73 Å². The van der Waals surface area contributed by atoms with Gasteiger partial charge in [-0.3, -0.25) is 14.1 Å². The second-order valence-corrected chi connectivity index (χ2v) is 7.44. The Kier molecular flexibility index (Phi) is 3.22. The number of hydrogen-bond donors (Lipinski definition) is 2. The molecule has 128 valence electrons. The summed E-state index contributed by atoms with van der Waals surface area (Å²) in [7, 11) is -2.27. The van der Waals surface area contributed by atoms with E-state index in [9.17, 15) is 18.0 Å². The molecule has 1 aliphatic heterocycles. The highest BCUT2D eigenvalue weighted by Gasteiger charge is 2.22. The van der Waals surface area contributed by atoms with E-state index >= 15 is 0 Å². The fourth-order valence-corrected chi connectivity index (χ4v) is 3.88. The largest absolute Gasteiger partial charge is 0.419 e. The Bertz CT molecular complexity index is 1190. The lowest BCUT2D eigenvalue weighted by atomic mass is 10.2. The van der Waals surface area contributed by atoms with Crippen molar-refractivity contribution in [1.29, 1.82) is 0 Å². The lowest BCUT2D eigenvalue weighted by Gasteiger charge is -2.09. The number of aromatic nitrogens is 1. The minimum absolute atomic E-state index is 0.0531. The monoisotopic (exact) mass is 359 g/mol. The van der Waals surface area contributed by atoms with Gasteiger partial charge in [0.05, 0.1) is 22.5 Å². The van der Waals surface area contributed by atoms with Crippen LogP contribution in [0.4, 0.5) is 11.4 Å². The molecule has 2 aromatic carbocycles. The molecule has 0 radical (unpaired) electrons. The normalized spacial score (nSPS) is 13.7. The molecule has 2 N–H and O–H groups in total. The maximum absolute atomic E-state index is 12.6. The Hall–Kier alpha value is -3.07. The molecule has 1 aliphatic rings. The molecule has 0 fully saturated rings. The van der Waals surface area contributed by atoms with Crippen molar-refractivity contribution in [2.75, 3.05) is 10.0 Å². The first-order chi connectivity index (χ1) is 11.8. The molecule has 0 bridgehead atoms. The van der Waals surface area contributed by atoms with Crippen LogP contribution in [0.5, 0.6) is 0 Å². The molecule has 1 amide bonds. The van der Waals surface area contributed by atoms with Crippen LogP contribution in [0.3, 0.4) is 0 Å². The van der Waals surface area contributed by atoms with E-state index in [0.29, 0.717) is 16.8 Å². The van der Waals surface area contributed by atoms with Gasteiger partial charge >= 0.3 is 5.76 Å². The Labute approximate surface area is 142 Å². The summed E-state index contributed by atoms with van der Waals surface area (Å²) in [4.78, 5) is 23.0. The van der Waals surface area contributed by atoms with E-state index in [1.165, 1.54) is 22.8 Å². The van der Waals surface area contributed by atoms with E-state index in [4.69, 9.17) is 4.42 Å². The van der Waals surface area contributed by atoms with Crippen LogP contribution in [0.15, 0.2) is 50.5 Å². The van der Waals surface area contributed by atoms with Crippen LogP contribution in [-0.4, -0.2) is 18.9 Å². The second kappa shape index (κ2) is 5.21. The molecule has 25 heavy (non-hydrogen) atoms. The number of hydrogen-bond acceptors (Lipinski definition) is 5. The third-order valence-electron chi connectivity index (χ3n) is 4.06. The summed E-state index contributed by atoms with van der Waals surface area (Å²) in [6.07, 6.45) is 0.153. The zero-order valence-corrected chi connectivity index (χ0v) is 13.9. The second-order valence-electron chi connectivity index (χ2n) is 5.76. The number of aryl methyl sites for hydroxylation is 1. The molecule has 2 heterocycles. The number of sulfonamides is 1. The maximum atomic E-state index is 12.6. The van der Waals surface area contributed by atoms with Crippen molar-refractivity contribution in [2.24, 2.45) is 7.05 Å². The lowest BCUT2D eigenvalue weighted by Crippen LogP contribution is -2.13. The number of carbonyl (C=O) groups is 1. The molecule has 0 atom stereocenters. The Morgan fingerprint density at radius 2 is 1.96 bits per heavy atom. The minimum atomic E-state index is -3.84. The molecule has 1 aromatic heterocycles. The first-order valence-corrected chi connectivity index (χ1v) is 8.87. The van der Waals surface area contributed by atoms with Gasteiger partial charge in [-0.15, -0.1) is 0 Å². The van der Waals surface area contributed by atoms with Gasteiger partial charge in [-0.1, -0.05) is 0 Å². The quantitative estimate of drug-likeness (QED) is 0.735. The van der Waals surface area contributed by atoms with Crippen LogP contribution < -0.4 is 15.8 Å². The van der Waals surface area contributed by atoms with Crippen LogP contribution in [0.25, 0.3) is 11.1 Å². The molecule has 8 nitrogen and oxygen atoms in total. The van der Waals surface area contributed by atoms with Gasteiger partial charge in [-0.05, 0) is 35.9 Å². The maximum Gasteiger partial charge on any atom is 0.419 e. The first-order valence-electron chi connectivity index (χ1n) is 7.39. The number of amides is 1. The number of nitrogens with one attached hydrogen (secondary N) is 2.